The Balaban J connectivity index is 2.41. The van der Waals surface area contributed by atoms with E-state index in [1.807, 2.05) is 18.7 Å². The average molecular weight is 260 g/mol. The molecule has 1 aromatic heterocycles. The van der Waals surface area contributed by atoms with Gasteiger partial charge in [-0.2, -0.15) is 5.10 Å². The molecule has 0 spiro atoms. The van der Waals surface area contributed by atoms with Crippen molar-refractivity contribution in [3.8, 4) is 0 Å². The van der Waals surface area contributed by atoms with E-state index in [4.69, 9.17) is 0 Å². The largest absolute Gasteiger partial charge is 0.309 e. The van der Waals surface area contributed by atoms with Crippen LogP contribution in [0.1, 0.15) is 24.7 Å². The lowest BCUT2D eigenvalue weighted by Crippen LogP contribution is -2.26. The van der Waals surface area contributed by atoms with Crippen LogP contribution in [0.25, 0.3) is 0 Å². The van der Waals surface area contributed by atoms with E-state index in [9.17, 15) is 0 Å². The Bertz CT molecular complexity index is 283. The highest BCUT2D eigenvalue weighted by Gasteiger charge is 2.04. The topological polar surface area (TPSA) is 29.9 Å². The summed E-state index contributed by atoms with van der Waals surface area (Å²) in [5.74, 6) is 0. The van der Waals surface area contributed by atoms with Gasteiger partial charge in [0.1, 0.15) is 0 Å². The molecule has 1 N–H and O–H groups in total. The molecular formula is C10H18BrN3. The second-order valence-corrected chi connectivity index (χ2v) is 4.45. The van der Waals surface area contributed by atoms with Gasteiger partial charge in [-0.1, -0.05) is 15.9 Å². The van der Waals surface area contributed by atoms with Gasteiger partial charge in [-0.3, -0.25) is 4.68 Å². The van der Waals surface area contributed by atoms with Gasteiger partial charge in [0.15, 0.2) is 0 Å². The van der Waals surface area contributed by atoms with Crippen molar-refractivity contribution in [2.45, 2.75) is 32.9 Å². The molecule has 1 heterocycles. The first-order valence-electron chi connectivity index (χ1n) is 4.92. The minimum absolute atomic E-state index is 0.546. The third-order valence-corrected chi connectivity index (χ3v) is 2.73. The molecule has 14 heavy (non-hydrogen) atoms. The lowest BCUT2D eigenvalue weighted by Gasteiger charge is -2.11. The Morgan fingerprint density at radius 2 is 2.36 bits per heavy atom. The lowest BCUT2D eigenvalue weighted by molar-refractivity contribution is 0.520. The molecule has 0 saturated carbocycles. The second kappa shape index (κ2) is 5.51. The molecule has 0 aliphatic rings. The van der Waals surface area contributed by atoms with E-state index in [2.05, 4.69) is 39.3 Å². The van der Waals surface area contributed by atoms with Gasteiger partial charge in [0, 0.05) is 25.0 Å². The fourth-order valence-corrected chi connectivity index (χ4v) is 2.06. The Kier molecular flexibility index (Phi) is 4.62. The monoisotopic (exact) mass is 259 g/mol. The van der Waals surface area contributed by atoms with Crippen molar-refractivity contribution in [3.05, 3.63) is 17.5 Å². The smallest absolute Gasteiger partial charge is 0.0597 e. The molecule has 1 unspecified atom stereocenters. The van der Waals surface area contributed by atoms with Crippen LogP contribution in [0.3, 0.4) is 0 Å². The number of aromatic nitrogens is 2. The van der Waals surface area contributed by atoms with Crippen LogP contribution in [0.2, 0.25) is 0 Å². The Morgan fingerprint density at radius 3 is 2.86 bits per heavy atom. The zero-order valence-corrected chi connectivity index (χ0v) is 10.6. The van der Waals surface area contributed by atoms with Gasteiger partial charge in [0.25, 0.3) is 0 Å². The minimum Gasteiger partial charge on any atom is -0.309 e. The van der Waals surface area contributed by atoms with E-state index < -0.39 is 0 Å². The molecule has 1 rings (SSSR count). The Labute approximate surface area is 94.0 Å². The summed E-state index contributed by atoms with van der Waals surface area (Å²) in [6.07, 6.45) is 1.15. The first kappa shape index (κ1) is 11.7. The Morgan fingerprint density at radius 1 is 1.64 bits per heavy atom. The van der Waals surface area contributed by atoms with E-state index in [1.54, 1.807) is 0 Å². The minimum atomic E-state index is 0.546. The molecule has 0 radical (unpaired) electrons. The normalized spacial score (nSPS) is 13.1. The molecule has 0 amide bonds. The van der Waals surface area contributed by atoms with Crippen molar-refractivity contribution in [2.75, 3.05) is 5.33 Å². The van der Waals surface area contributed by atoms with Crippen LogP contribution in [0.4, 0.5) is 0 Å². The molecule has 0 aliphatic carbocycles. The predicted molar refractivity (Wildman–Crippen MR) is 62.7 cm³/mol. The third-order valence-electron chi connectivity index (χ3n) is 2.27. The van der Waals surface area contributed by atoms with E-state index in [-0.39, 0.29) is 0 Å². The van der Waals surface area contributed by atoms with Crippen LogP contribution in [0.5, 0.6) is 0 Å². The molecule has 1 atom stereocenters. The number of aryl methyl sites for hydroxylation is 2. The fourth-order valence-electron chi connectivity index (χ4n) is 1.37. The third kappa shape index (κ3) is 3.42. The number of hydrogen-bond acceptors (Lipinski definition) is 2. The summed E-state index contributed by atoms with van der Waals surface area (Å²) in [5.41, 5.74) is 2.32. The molecule has 4 heteroatoms. The average Bonchev–Trinajstić information content (AvgIpc) is 2.42. The molecule has 80 valence electrons. The molecular weight excluding hydrogens is 242 g/mol. The van der Waals surface area contributed by atoms with E-state index >= 15 is 0 Å². The molecule has 3 nitrogen and oxygen atoms in total. The van der Waals surface area contributed by atoms with Crippen molar-refractivity contribution >= 4 is 15.9 Å². The van der Waals surface area contributed by atoms with E-state index in [1.165, 1.54) is 5.69 Å². The molecule has 0 bridgehead atoms. The highest BCUT2D eigenvalue weighted by Crippen LogP contribution is 2.02. The maximum absolute atomic E-state index is 4.30. The number of alkyl halides is 1. The van der Waals surface area contributed by atoms with Gasteiger partial charge in [-0.15, -0.1) is 0 Å². The lowest BCUT2D eigenvalue weighted by atomic mass is 10.2. The summed E-state index contributed by atoms with van der Waals surface area (Å²) in [7, 11) is 1.99. The maximum atomic E-state index is 4.30. The summed E-state index contributed by atoms with van der Waals surface area (Å²) in [6, 6.07) is 2.66. The standard InChI is InChI=1S/C10H18BrN3/c1-8(4-5-11)12-7-10-6-9(2)13-14(10)3/h6,8,12H,4-5,7H2,1-3H3. The van der Waals surface area contributed by atoms with Gasteiger partial charge in [0.2, 0.25) is 0 Å². The van der Waals surface area contributed by atoms with Crippen molar-refractivity contribution in [1.82, 2.24) is 15.1 Å². The summed E-state index contributed by atoms with van der Waals surface area (Å²) in [6.45, 7) is 5.11. The summed E-state index contributed by atoms with van der Waals surface area (Å²) >= 11 is 3.44. The highest BCUT2D eigenvalue weighted by atomic mass is 79.9. The van der Waals surface area contributed by atoms with Crippen molar-refractivity contribution in [3.63, 3.8) is 0 Å². The molecule has 1 aromatic rings. The first-order valence-corrected chi connectivity index (χ1v) is 6.04. The van der Waals surface area contributed by atoms with E-state index in [0.29, 0.717) is 6.04 Å². The number of rotatable bonds is 5. The van der Waals surface area contributed by atoms with Crippen LogP contribution >= 0.6 is 15.9 Å². The Hall–Kier alpha value is -0.350. The first-order chi connectivity index (χ1) is 6.63. The highest BCUT2D eigenvalue weighted by molar-refractivity contribution is 9.09. The summed E-state index contributed by atoms with van der Waals surface area (Å²) in [4.78, 5) is 0. The number of nitrogens with zero attached hydrogens (tertiary/aromatic N) is 2. The summed E-state index contributed by atoms with van der Waals surface area (Å²) < 4.78 is 1.93. The van der Waals surface area contributed by atoms with Crippen LogP contribution in [-0.4, -0.2) is 21.2 Å². The molecule has 0 aromatic carbocycles. The predicted octanol–water partition coefficient (Wildman–Crippen LogP) is 1.99. The number of nitrogens with one attached hydrogen (secondary N) is 1. The van der Waals surface area contributed by atoms with Gasteiger partial charge < -0.3 is 5.32 Å². The maximum Gasteiger partial charge on any atom is 0.0597 e. The van der Waals surface area contributed by atoms with Crippen LogP contribution < -0.4 is 5.32 Å². The zero-order valence-electron chi connectivity index (χ0n) is 9.05. The number of hydrogen-bond donors (Lipinski definition) is 1. The second-order valence-electron chi connectivity index (χ2n) is 3.66. The summed E-state index contributed by atoms with van der Waals surface area (Å²) in [5, 5.41) is 8.81. The number of halogens is 1. The van der Waals surface area contributed by atoms with Gasteiger partial charge >= 0.3 is 0 Å². The van der Waals surface area contributed by atoms with Crippen molar-refractivity contribution < 1.29 is 0 Å². The fraction of sp³-hybridized carbons (Fsp3) is 0.700. The quantitative estimate of drug-likeness (QED) is 0.820. The zero-order chi connectivity index (χ0) is 10.6. The van der Waals surface area contributed by atoms with Gasteiger partial charge in [-0.05, 0) is 26.3 Å². The van der Waals surface area contributed by atoms with Gasteiger partial charge in [0.05, 0.1) is 11.4 Å². The SMILES string of the molecule is Cc1cc(CNC(C)CCBr)n(C)n1. The molecule has 0 fully saturated rings. The van der Waals surface area contributed by atoms with Crippen LogP contribution in [-0.2, 0) is 13.6 Å². The van der Waals surface area contributed by atoms with Crippen molar-refractivity contribution in [2.24, 2.45) is 7.05 Å². The van der Waals surface area contributed by atoms with E-state index in [0.717, 1.165) is 24.0 Å². The van der Waals surface area contributed by atoms with Gasteiger partial charge in [-0.25, -0.2) is 0 Å². The van der Waals surface area contributed by atoms with Crippen molar-refractivity contribution in [1.29, 1.82) is 0 Å². The van der Waals surface area contributed by atoms with Crippen LogP contribution in [0, 0.1) is 6.92 Å². The van der Waals surface area contributed by atoms with Crippen LogP contribution in [0.15, 0.2) is 6.07 Å². The molecule has 0 saturated heterocycles. The molecule has 0 aliphatic heterocycles.